The SMILES string of the molecule is COc1ccc(-c2csc3ncn(Cc4ccc(Cl)c(Cl)c4)c(=O)c23)cc1. The number of thiophene rings is 1. The summed E-state index contributed by atoms with van der Waals surface area (Å²) in [5.41, 5.74) is 2.62. The van der Waals surface area contributed by atoms with E-state index < -0.39 is 0 Å². The zero-order valence-electron chi connectivity index (χ0n) is 14.3. The minimum absolute atomic E-state index is 0.0851. The lowest BCUT2D eigenvalue weighted by Gasteiger charge is -2.08. The van der Waals surface area contributed by atoms with E-state index in [1.54, 1.807) is 30.1 Å². The molecule has 0 fully saturated rings. The first-order valence-electron chi connectivity index (χ1n) is 8.12. The fraction of sp³-hybridized carbons (Fsp3) is 0.100. The highest BCUT2D eigenvalue weighted by atomic mass is 35.5. The van der Waals surface area contributed by atoms with Gasteiger partial charge in [0.1, 0.15) is 10.6 Å². The van der Waals surface area contributed by atoms with Gasteiger partial charge in [0.25, 0.3) is 5.56 Å². The van der Waals surface area contributed by atoms with E-state index in [4.69, 9.17) is 27.9 Å². The van der Waals surface area contributed by atoms with E-state index in [-0.39, 0.29) is 5.56 Å². The van der Waals surface area contributed by atoms with Crippen LogP contribution in [0.4, 0.5) is 0 Å². The van der Waals surface area contributed by atoms with Crippen LogP contribution in [0, 0.1) is 0 Å². The van der Waals surface area contributed by atoms with Crippen molar-refractivity contribution in [2.45, 2.75) is 6.54 Å². The minimum Gasteiger partial charge on any atom is -0.497 e. The molecule has 136 valence electrons. The highest BCUT2D eigenvalue weighted by Gasteiger charge is 2.14. The van der Waals surface area contributed by atoms with E-state index in [2.05, 4.69) is 4.98 Å². The van der Waals surface area contributed by atoms with Crippen LogP contribution >= 0.6 is 34.5 Å². The van der Waals surface area contributed by atoms with E-state index in [1.165, 1.54) is 11.3 Å². The molecule has 0 atom stereocenters. The van der Waals surface area contributed by atoms with Gasteiger partial charge in [-0.15, -0.1) is 11.3 Å². The van der Waals surface area contributed by atoms with E-state index in [0.717, 1.165) is 27.3 Å². The molecule has 0 aliphatic carbocycles. The molecule has 0 aliphatic heterocycles. The molecule has 0 N–H and O–H groups in total. The van der Waals surface area contributed by atoms with E-state index in [0.29, 0.717) is 22.0 Å². The molecule has 2 heterocycles. The molecule has 7 heteroatoms. The Morgan fingerprint density at radius 2 is 1.89 bits per heavy atom. The van der Waals surface area contributed by atoms with Crippen LogP contribution in [0.3, 0.4) is 0 Å². The largest absolute Gasteiger partial charge is 0.497 e. The predicted octanol–water partition coefficient (Wildman–Crippen LogP) is 5.49. The molecule has 4 rings (SSSR count). The third-order valence-electron chi connectivity index (χ3n) is 4.30. The minimum atomic E-state index is -0.0851. The Balaban J connectivity index is 1.78. The second kappa shape index (κ2) is 7.35. The smallest absolute Gasteiger partial charge is 0.263 e. The fourth-order valence-corrected chi connectivity index (χ4v) is 4.13. The van der Waals surface area contributed by atoms with Crippen molar-refractivity contribution in [3.8, 4) is 16.9 Å². The van der Waals surface area contributed by atoms with Crippen LogP contribution in [0.15, 0.2) is 59.0 Å². The molecule has 0 radical (unpaired) electrons. The number of halogens is 2. The molecule has 0 spiro atoms. The average molecular weight is 417 g/mol. The zero-order valence-corrected chi connectivity index (χ0v) is 16.6. The number of aromatic nitrogens is 2. The van der Waals surface area contributed by atoms with Crippen LogP contribution in [-0.2, 0) is 6.54 Å². The number of hydrogen-bond donors (Lipinski definition) is 0. The lowest BCUT2D eigenvalue weighted by molar-refractivity contribution is 0.415. The van der Waals surface area contributed by atoms with Crippen molar-refractivity contribution in [1.29, 1.82) is 0 Å². The third kappa shape index (κ3) is 3.46. The van der Waals surface area contributed by atoms with Gasteiger partial charge in [-0.2, -0.15) is 0 Å². The predicted molar refractivity (Wildman–Crippen MR) is 111 cm³/mol. The van der Waals surface area contributed by atoms with E-state index >= 15 is 0 Å². The van der Waals surface area contributed by atoms with Gasteiger partial charge in [-0.3, -0.25) is 9.36 Å². The summed E-state index contributed by atoms with van der Waals surface area (Å²) in [5.74, 6) is 0.772. The Bertz CT molecular complexity index is 1180. The molecule has 2 aromatic carbocycles. The molecule has 0 amide bonds. The van der Waals surface area contributed by atoms with Gasteiger partial charge in [-0.05, 0) is 35.4 Å². The maximum absolute atomic E-state index is 13.1. The molecule has 0 saturated heterocycles. The molecule has 2 aromatic heterocycles. The molecule has 0 saturated carbocycles. The van der Waals surface area contributed by atoms with Crippen LogP contribution in [0.5, 0.6) is 5.75 Å². The summed E-state index contributed by atoms with van der Waals surface area (Å²) in [5, 5.41) is 3.53. The molecule has 0 unspecified atom stereocenters. The van der Waals surface area contributed by atoms with Crippen molar-refractivity contribution in [2.24, 2.45) is 0 Å². The summed E-state index contributed by atoms with van der Waals surface area (Å²) in [6, 6.07) is 13.0. The van der Waals surface area contributed by atoms with Crippen molar-refractivity contribution in [1.82, 2.24) is 9.55 Å². The molecular weight excluding hydrogens is 403 g/mol. The lowest BCUT2D eigenvalue weighted by atomic mass is 10.1. The molecule has 0 bridgehead atoms. The first-order chi connectivity index (χ1) is 13.1. The van der Waals surface area contributed by atoms with Gasteiger partial charge in [0.05, 0.1) is 35.4 Å². The van der Waals surface area contributed by atoms with Crippen molar-refractivity contribution in [2.75, 3.05) is 7.11 Å². The third-order valence-corrected chi connectivity index (χ3v) is 5.92. The number of benzene rings is 2. The van der Waals surface area contributed by atoms with Crippen molar-refractivity contribution in [3.05, 3.63) is 80.1 Å². The number of nitrogens with zero attached hydrogens (tertiary/aromatic N) is 2. The topological polar surface area (TPSA) is 44.1 Å². The molecular formula is C20H14Cl2N2O2S. The maximum atomic E-state index is 13.1. The normalized spacial score (nSPS) is 11.1. The Morgan fingerprint density at radius 3 is 2.59 bits per heavy atom. The zero-order chi connectivity index (χ0) is 19.0. The quantitative estimate of drug-likeness (QED) is 0.441. The monoisotopic (exact) mass is 416 g/mol. The van der Waals surface area contributed by atoms with Crippen molar-refractivity contribution >= 4 is 44.8 Å². The van der Waals surface area contributed by atoms with Crippen molar-refractivity contribution < 1.29 is 4.74 Å². The Labute approximate surface area is 169 Å². The molecule has 27 heavy (non-hydrogen) atoms. The second-order valence-corrected chi connectivity index (χ2v) is 7.66. The number of hydrogen-bond acceptors (Lipinski definition) is 4. The molecule has 0 aliphatic rings. The summed E-state index contributed by atoms with van der Waals surface area (Å²) in [6.07, 6.45) is 1.57. The molecule has 4 aromatic rings. The fourth-order valence-electron chi connectivity index (χ4n) is 2.90. The van der Waals surface area contributed by atoms with Gasteiger partial charge in [-0.1, -0.05) is 41.4 Å². The highest BCUT2D eigenvalue weighted by Crippen LogP contribution is 2.31. The summed E-state index contributed by atoms with van der Waals surface area (Å²) in [7, 11) is 1.63. The van der Waals surface area contributed by atoms with Gasteiger partial charge >= 0.3 is 0 Å². The maximum Gasteiger partial charge on any atom is 0.263 e. The average Bonchev–Trinajstić information content (AvgIpc) is 3.12. The highest BCUT2D eigenvalue weighted by molar-refractivity contribution is 7.17. The van der Waals surface area contributed by atoms with Crippen LogP contribution < -0.4 is 10.3 Å². The number of fused-ring (bicyclic) bond motifs is 1. The van der Waals surface area contributed by atoms with Gasteiger partial charge < -0.3 is 4.74 Å². The summed E-state index contributed by atoms with van der Waals surface area (Å²) in [6.45, 7) is 0.372. The Hall–Kier alpha value is -2.34. The van der Waals surface area contributed by atoms with Crippen LogP contribution in [-0.4, -0.2) is 16.7 Å². The summed E-state index contributed by atoms with van der Waals surface area (Å²) in [4.78, 5) is 18.3. The first-order valence-corrected chi connectivity index (χ1v) is 9.75. The van der Waals surface area contributed by atoms with Crippen LogP contribution in [0.1, 0.15) is 5.56 Å². The summed E-state index contributed by atoms with van der Waals surface area (Å²) < 4.78 is 6.79. The van der Waals surface area contributed by atoms with E-state index in [9.17, 15) is 4.79 Å². The lowest BCUT2D eigenvalue weighted by Crippen LogP contribution is -2.21. The number of rotatable bonds is 4. The van der Waals surface area contributed by atoms with Crippen molar-refractivity contribution in [3.63, 3.8) is 0 Å². The van der Waals surface area contributed by atoms with E-state index in [1.807, 2.05) is 35.7 Å². The summed E-state index contributed by atoms with van der Waals surface area (Å²) >= 11 is 13.5. The first kappa shape index (κ1) is 18.0. The molecule has 4 nitrogen and oxygen atoms in total. The van der Waals surface area contributed by atoms with Gasteiger partial charge in [0.15, 0.2) is 0 Å². The Morgan fingerprint density at radius 1 is 1.11 bits per heavy atom. The van der Waals surface area contributed by atoms with Crippen LogP contribution in [0.25, 0.3) is 21.3 Å². The van der Waals surface area contributed by atoms with Gasteiger partial charge in [0.2, 0.25) is 0 Å². The Kier molecular flexibility index (Phi) is 4.91. The standard InChI is InChI=1S/C20H14Cl2N2O2S/c1-26-14-5-3-13(4-6-14)15-10-27-19-18(15)20(25)24(11-23-19)9-12-2-7-16(21)17(22)8-12/h2-8,10-11H,9H2,1H3. The number of methoxy groups -OCH3 is 1. The van der Waals surface area contributed by atoms with Gasteiger partial charge in [0, 0.05) is 10.9 Å². The van der Waals surface area contributed by atoms with Crippen LogP contribution in [0.2, 0.25) is 10.0 Å². The van der Waals surface area contributed by atoms with Gasteiger partial charge in [-0.25, -0.2) is 4.98 Å². The number of ether oxygens (including phenoxy) is 1. The second-order valence-electron chi connectivity index (χ2n) is 5.98.